The van der Waals surface area contributed by atoms with Crippen LogP contribution >= 0.6 is 11.8 Å². The van der Waals surface area contributed by atoms with Crippen molar-refractivity contribution in [3.8, 4) is 0 Å². The molecule has 2 rings (SSSR count). The molecule has 0 aliphatic carbocycles. The van der Waals surface area contributed by atoms with Crippen LogP contribution in [0.3, 0.4) is 0 Å². The normalized spacial score (nSPS) is 29.6. The van der Waals surface area contributed by atoms with Gasteiger partial charge in [0.2, 0.25) is 0 Å². The Balaban J connectivity index is 1.81. The fourth-order valence-corrected chi connectivity index (χ4v) is 4.51. The molecule has 0 amide bonds. The van der Waals surface area contributed by atoms with Crippen molar-refractivity contribution in [2.75, 3.05) is 44.9 Å². The summed E-state index contributed by atoms with van der Waals surface area (Å²) in [4.78, 5) is 2.64. The molecule has 0 aromatic rings. The summed E-state index contributed by atoms with van der Waals surface area (Å²) >= 11 is 2.10. The molecule has 2 unspecified atom stereocenters. The van der Waals surface area contributed by atoms with E-state index >= 15 is 0 Å². The van der Waals surface area contributed by atoms with Crippen molar-refractivity contribution >= 4 is 11.8 Å². The van der Waals surface area contributed by atoms with Gasteiger partial charge in [-0.25, -0.2) is 0 Å². The highest BCUT2D eigenvalue weighted by molar-refractivity contribution is 7.99. The third-order valence-corrected chi connectivity index (χ3v) is 5.46. The number of nitrogens with two attached hydrogens (primary N) is 1. The molecule has 0 radical (unpaired) electrons. The minimum absolute atomic E-state index is 0.633. The van der Waals surface area contributed by atoms with Crippen LogP contribution in [0.15, 0.2) is 0 Å². The molecule has 3 nitrogen and oxygen atoms in total. The van der Waals surface area contributed by atoms with E-state index < -0.39 is 0 Å². The molecule has 100 valence electrons. The van der Waals surface area contributed by atoms with Crippen LogP contribution in [0.25, 0.3) is 0 Å². The van der Waals surface area contributed by atoms with Crippen LogP contribution in [0.1, 0.15) is 19.3 Å². The van der Waals surface area contributed by atoms with Crippen LogP contribution in [0.2, 0.25) is 0 Å². The van der Waals surface area contributed by atoms with E-state index in [-0.39, 0.29) is 0 Å². The maximum absolute atomic E-state index is 6.00. The minimum atomic E-state index is 0.633. The van der Waals surface area contributed by atoms with Gasteiger partial charge >= 0.3 is 0 Å². The van der Waals surface area contributed by atoms with Gasteiger partial charge in [-0.15, -0.1) is 0 Å². The Morgan fingerprint density at radius 1 is 1.35 bits per heavy atom. The molecule has 0 saturated carbocycles. The van der Waals surface area contributed by atoms with Gasteiger partial charge in [-0.2, -0.15) is 11.8 Å². The van der Waals surface area contributed by atoms with Crippen molar-refractivity contribution in [2.24, 2.45) is 17.6 Å². The molecule has 4 heteroatoms. The van der Waals surface area contributed by atoms with E-state index in [0.717, 1.165) is 25.0 Å². The zero-order chi connectivity index (χ0) is 12.1. The smallest absolute Gasteiger partial charge is 0.0491 e. The molecule has 0 aromatic heterocycles. The highest BCUT2D eigenvalue weighted by Crippen LogP contribution is 2.30. The molecule has 0 bridgehead atoms. The largest absolute Gasteiger partial charge is 0.384 e. The lowest BCUT2D eigenvalue weighted by atomic mass is 9.92. The Morgan fingerprint density at radius 3 is 2.65 bits per heavy atom. The lowest BCUT2D eigenvalue weighted by Crippen LogP contribution is -2.49. The van der Waals surface area contributed by atoms with Gasteiger partial charge in [0.05, 0.1) is 0 Å². The summed E-state index contributed by atoms with van der Waals surface area (Å²) in [5, 5.41) is 0. The zero-order valence-corrected chi connectivity index (χ0v) is 11.8. The molecule has 2 aliphatic rings. The van der Waals surface area contributed by atoms with Crippen LogP contribution in [-0.2, 0) is 4.74 Å². The lowest BCUT2D eigenvalue weighted by Gasteiger charge is -2.39. The van der Waals surface area contributed by atoms with E-state index in [1.54, 1.807) is 0 Å². The Morgan fingerprint density at radius 2 is 2.12 bits per heavy atom. The summed E-state index contributed by atoms with van der Waals surface area (Å²) in [6.07, 6.45) is 3.93. The molecule has 2 fully saturated rings. The number of methoxy groups -OCH3 is 1. The van der Waals surface area contributed by atoms with Gasteiger partial charge in [0.1, 0.15) is 0 Å². The molecule has 0 aromatic carbocycles. The number of hydrogen-bond donors (Lipinski definition) is 1. The van der Waals surface area contributed by atoms with E-state index in [9.17, 15) is 0 Å². The standard InChI is InChI=1S/C13H26N2OS/c1-16-9-11-2-5-15(6-3-11)13(8-14)12-4-7-17-10-12/h11-13H,2-10,14H2,1H3. The summed E-state index contributed by atoms with van der Waals surface area (Å²) in [5.74, 6) is 4.26. The number of thioether (sulfide) groups is 1. The first-order valence-electron chi connectivity index (χ1n) is 6.86. The number of hydrogen-bond acceptors (Lipinski definition) is 4. The molecule has 0 spiro atoms. The van der Waals surface area contributed by atoms with Crippen molar-refractivity contribution in [3.05, 3.63) is 0 Å². The van der Waals surface area contributed by atoms with Crippen molar-refractivity contribution in [1.29, 1.82) is 0 Å². The fourth-order valence-electron chi connectivity index (χ4n) is 3.18. The number of piperidine rings is 1. The summed E-state index contributed by atoms with van der Waals surface area (Å²) in [7, 11) is 1.81. The first kappa shape index (κ1) is 13.7. The number of nitrogens with zero attached hydrogens (tertiary/aromatic N) is 1. The fraction of sp³-hybridized carbons (Fsp3) is 1.00. The average molecular weight is 258 g/mol. The third-order valence-electron chi connectivity index (χ3n) is 4.27. The lowest BCUT2D eigenvalue weighted by molar-refractivity contribution is 0.0674. The van der Waals surface area contributed by atoms with Crippen LogP contribution in [0.4, 0.5) is 0 Å². The maximum Gasteiger partial charge on any atom is 0.0491 e. The highest BCUT2D eigenvalue weighted by Gasteiger charge is 2.31. The Kier molecular flexibility index (Phi) is 5.60. The highest BCUT2D eigenvalue weighted by atomic mass is 32.2. The second-order valence-corrected chi connectivity index (χ2v) is 6.51. The van der Waals surface area contributed by atoms with Crippen LogP contribution in [-0.4, -0.2) is 55.8 Å². The molecule has 2 saturated heterocycles. The Hall–Kier alpha value is 0.230. The van der Waals surface area contributed by atoms with E-state index in [0.29, 0.717) is 6.04 Å². The molecule has 2 N–H and O–H groups in total. The number of likely N-dealkylation sites (tertiary alicyclic amines) is 1. The summed E-state index contributed by atoms with van der Waals surface area (Å²) in [5.41, 5.74) is 6.00. The van der Waals surface area contributed by atoms with Gasteiger partial charge in [-0.05, 0) is 55.7 Å². The zero-order valence-electron chi connectivity index (χ0n) is 10.9. The maximum atomic E-state index is 6.00. The van der Waals surface area contributed by atoms with Gasteiger partial charge in [0.15, 0.2) is 0 Å². The predicted molar refractivity (Wildman–Crippen MR) is 74.4 cm³/mol. The molecular formula is C13H26N2OS. The van der Waals surface area contributed by atoms with Gasteiger partial charge in [-0.1, -0.05) is 0 Å². The van der Waals surface area contributed by atoms with Gasteiger partial charge in [-0.3, -0.25) is 4.90 Å². The Labute approximate surface area is 109 Å². The second kappa shape index (κ2) is 6.98. The molecular weight excluding hydrogens is 232 g/mol. The number of ether oxygens (including phenoxy) is 1. The van der Waals surface area contributed by atoms with E-state index in [4.69, 9.17) is 10.5 Å². The van der Waals surface area contributed by atoms with Crippen molar-refractivity contribution in [1.82, 2.24) is 4.90 Å². The first-order chi connectivity index (χ1) is 8.35. The van der Waals surface area contributed by atoms with Gasteiger partial charge in [0, 0.05) is 26.3 Å². The van der Waals surface area contributed by atoms with Crippen LogP contribution in [0, 0.1) is 11.8 Å². The number of rotatable bonds is 5. The van der Waals surface area contributed by atoms with E-state index in [2.05, 4.69) is 16.7 Å². The summed E-state index contributed by atoms with van der Waals surface area (Å²) in [6.45, 7) is 4.20. The molecule has 2 aliphatic heterocycles. The topological polar surface area (TPSA) is 38.5 Å². The van der Waals surface area contributed by atoms with Crippen molar-refractivity contribution < 1.29 is 4.74 Å². The quantitative estimate of drug-likeness (QED) is 0.809. The summed E-state index contributed by atoms with van der Waals surface area (Å²) < 4.78 is 5.26. The minimum Gasteiger partial charge on any atom is -0.384 e. The van der Waals surface area contributed by atoms with Crippen molar-refractivity contribution in [3.63, 3.8) is 0 Å². The average Bonchev–Trinajstić information content (AvgIpc) is 2.86. The molecule has 17 heavy (non-hydrogen) atoms. The summed E-state index contributed by atoms with van der Waals surface area (Å²) in [6, 6.07) is 0.633. The second-order valence-electron chi connectivity index (χ2n) is 5.36. The van der Waals surface area contributed by atoms with Gasteiger partial charge < -0.3 is 10.5 Å². The first-order valence-corrected chi connectivity index (χ1v) is 8.01. The van der Waals surface area contributed by atoms with Crippen LogP contribution < -0.4 is 5.73 Å². The SMILES string of the molecule is COCC1CCN(C(CN)C2CCSC2)CC1. The molecule has 2 atom stereocenters. The van der Waals surface area contributed by atoms with E-state index in [1.165, 1.54) is 43.9 Å². The Bertz CT molecular complexity index is 213. The van der Waals surface area contributed by atoms with Crippen LogP contribution in [0.5, 0.6) is 0 Å². The van der Waals surface area contributed by atoms with Gasteiger partial charge in [0.25, 0.3) is 0 Å². The van der Waals surface area contributed by atoms with E-state index in [1.807, 2.05) is 7.11 Å². The van der Waals surface area contributed by atoms with Crippen molar-refractivity contribution in [2.45, 2.75) is 25.3 Å². The molecule has 2 heterocycles. The predicted octanol–water partition coefficient (Wildman–Crippen LogP) is 1.43. The monoisotopic (exact) mass is 258 g/mol. The third kappa shape index (κ3) is 3.60.